The molecule has 1 atom stereocenters. The second-order valence-electron chi connectivity index (χ2n) is 8.02. The van der Waals surface area contributed by atoms with Gasteiger partial charge in [0.25, 0.3) is 5.56 Å². The van der Waals surface area contributed by atoms with Crippen LogP contribution in [0.5, 0.6) is 0 Å². The van der Waals surface area contributed by atoms with E-state index in [0.29, 0.717) is 46.8 Å². The number of para-hydroxylation sites is 1. The molecule has 1 unspecified atom stereocenters. The van der Waals surface area contributed by atoms with Gasteiger partial charge in [-0.1, -0.05) is 62.9 Å². The first-order valence-corrected chi connectivity index (χ1v) is 12.0. The van der Waals surface area contributed by atoms with E-state index in [9.17, 15) is 9.59 Å². The summed E-state index contributed by atoms with van der Waals surface area (Å²) in [5.74, 6) is 0.678. The molecule has 0 bridgehead atoms. The number of aromatic nitrogens is 2. The number of hydrogen-bond donors (Lipinski definition) is 0. The fraction of sp³-hybridized carbons (Fsp3) is 0.423. The summed E-state index contributed by atoms with van der Waals surface area (Å²) in [6.45, 7) is 6.73. The molecule has 6 heteroatoms. The molecule has 0 aliphatic heterocycles. The Morgan fingerprint density at radius 2 is 1.84 bits per heavy atom. The van der Waals surface area contributed by atoms with Crippen LogP contribution in [0.3, 0.4) is 0 Å². The molecule has 0 aliphatic rings. The number of fused-ring (bicyclic) bond motifs is 1. The van der Waals surface area contributed by atoms with Gasteiger partial charge in [0.15, 0.2) is 0 Å². The zero-order valence-electron chi connectivity index (χ0n) is 19.2. The minimum atomic E-state index is -0.310. The highest BCUT2D eigenvalue weighted by Gasteiger charge is 2.27. The van der Waals surface area contributed by atoms with Crippen molar-refractivity contribution < 1.29 is 4.79 Å². The molecule has 170 valence electrons. The van der Waals surface area contributed by atoms with Crippen LogP contribution in [0.4, 0.5) is 0 Å². The molecule has 0 saturated carbocycles. The number of benzene rings is 2. The van der Waals surface area contributed by atoms with E-state index < -0.39 is 0 Å². The van der Waals surface area contributed by atoms with E-state index in [4.69, 9.17) is 16.6 Å². The van der Waals surface area contributed by atoms with E-state index in [2.05, 4.69) is 6.92 Å². The first-order valence-electron chi connectivity index (χ1n) is 11.6. The Hall–Kier alpha value is -2.66. The van der Waals surface area contributed by atoms with Crippen molar-refractivity contribution in [3.05, 3.63) is 69.7 Å². The summed E-state index contributed by atoms with van der Waals surface area (Å²) in [5, 5.41) is 1.08. The number of carbonyl (C=O) groups excluding carboxylic acids is 1. The Balaban J connectivity index is 2.12. The summed E-state index contributed by atoms with van der Waals surface area (Å²) >= 11 is 6.25. The molecule has 0 saturated heterocycles. The first-order chi connectivity index (χ1) is 15.5. The highest BCUT2D eigenvalue weighted by atomic mass is 35.5. The van der Waals surface area contributed by atoms with Gasteiger partial charge >= 0.3 is 0 Å². The number of hydrogen-bond acceptors (Lipinski definition) is 3. The molecule has 2 aromatic carbocycles. The molecule has 0 radical (unpaired) electrons. The lowest BCUT2D eigenvalue weighted by atomic mass is 10.1. The standard InChI is InChI=1S/C26H32ClN3O2/c1-4-7-8-9-17-24(31)29(6-3)23(5-2)25-28-22-16-11-10-15-21(22)26(32)30(25)20-14-12-13-19(27)18-20/h10-16,18,23H,4-9,17H2,1-3H3. The second-order valence-corrected chi connectivity index (χ2v) is 8.46. The predicted octanol–water partition coefficient (Wildman–Crippen LogP) is 6.31. The monoisotopic (exact) mass is 453 g/mol. The first kappa shape index (κ1) is 24.0. The molecular formula is C26H32ClN3O2. The van der Waals surface area contributed by atoms with Crippen molar-refractivity contribution in [1.82, 2.24) is 14.5 Å². The topological polar surface area (TPSA) is 55.2 Å². The van der Waals surface area contributed by atoms with Gasteiger partial charge in [0.2, 0.25) is 5.91 Å². The van der Waals surface area contributed by atoms with E-state index in [1.54, 1.807) is 22.8 Å². The van der Waals surface area contributed by atoms with Crippen LogP contribution < -0.4 is 5.56 Å². The minimum Gasteiger partial charge on any atom is -0.333 e. The Bertz CT molecular complexity index is 1130. The zero-order valence-corrected chi connectivity index (χ0v) is 19.9. The lowest BCUT2D eigenvalue weighted by Crippen LogP contribution is -2.38. The van der Waals surface area contributed by atoms with Crippen molar-refractivity contribution in [1.29, 1.82) is 0 Å². The van der Waals surface area contributed by atoms with E-state index >= 15 is 0 Å². The van der Waals surface area contributed by atoms with Crippen LogP contribution in [0.2, 0.25) is 5.02 Å². The lowest BCUT2D eigenvalue weighted by molar-refractivity contribution is -0.133. The molecule has 3 aromatic rings. The van der Waals surface area contributed by atoms with E-state index in [0.717, 1.165) is 25.7 Å². The molecule has 1 amide bonds. The van der Waals surface area contributed by atoms with Crippen molar-refractivity contribution in [3.63, 3.8) is 0 Å². The van der Waals surface area contributed by atoms with Gasteiger partial charge in [-0.15, -0.1) is 0 Å². The molecule has 3 rings (SSSR count). The van der Waals surface area contributed by atoms with Crippen molar-refractivity contribution in [2.75, 3.05) is 6.54 Å². The molecule has 1 heterocycles. The Morgan fingerprint density at radius 3 is 2.53 bits per heavy atom. The Morgan fingerprint density at radius 1 is 1.06 bits per heavy atom. The molecule has 0 fully saturated rings. The van der Waals surface area contributed by atoms with Gasteiger partial charge in [0.05, 0.1) is 22.6 Å². The van der Waals surface area contributed by atoms with Crippen molar-refractivity contribution in [3.8, 4) is 5.69 Å². The van der Waals surface area contributed by atoms with Crippen LogP contribution >= 0.6 is 11.6 Å². The normalized spacial score (nSPS) is 12.1. The van der Waals surface area contributed by atoms with Crippen molar-refractivity contribution in [2.24, 2.45) is 0 Å². The van der Waals surface area contributed by atoms with Gasteiger partial charge in [-0.25, -0.2) is 4.98 Å². The number of rotatable bonds is 10. The van der Waals surface area contributed by atoms with Crippen LogP contribution in [0.25, 0.3) is 16.6 Å². The molecular weight excluding hydrogens is 422 g/mol. The third kappa shape index (κ3) is 5.21. The molecule has 32 heavy (non-hydrogen) atoms. The smallest absolute Gasteiger partial charge is 0.266 e. The van der Waals surface area contributed by atoms with Gasteiger partial charge in [0, 0.05) is 18.0 Å². The van der Waals surface area contributed by atoms with Crippen molar-refractivity contribution >= 4 is 28.4 Å². The number of unbranched alkanes of at least 4 members (excludes halogenated alkanes) is 3. The third-order valence-electron chi connectivity index (χ3n) is 5.83. The summed E-state index contributed by atoms with van der Waals surface area (Å²) in [4.78, 5) is 33.5. The largest absolute Gasteiger partial charge is 0.333 e. The molecule has 0 spiro atoms. The lowest BCUT2D eigenvalue weighted by Gasteiger charge is -2.31. The highest BCUT2D eigenvalue weighted by Crippen LogP contribution is 2.27. The van der Waals surface area contributed by atoms with Crippen molar-refractivity contribution in [2.45, 2.75) is 65.3 Å². The summed E-state index contributed by atoms with van der Waals surface area (Å²) in [5.41, 5.74) is 1.13. The molecule has 5 nitrogen and oxygen atoms in total. The maximum absolute atomic E-state index is 13.6. The van der Waals surface area contributed by atoms with Crippen LogP contribution in [0.15, 0.2) is 53.3 Å². The molecule has 0 N–H and O–H groups in total. The van der Waals surface area contributed by atoms with Gasteiger partial charge in [-0.2, -0.15) is 0 Å². The van der Waals surface area contributed by atoms with Gasteiger partial charge in [-0.05, 0) is 50.1 Å². The third-order valence-corrected chi connectivity index (χ3v) is 6.07. The average Bonchev–Trinajstić information content (AvgIpc) is 2.80. The SMILES string of the molecule is CCCCCCC(=O)N(CC)C(CC)c1nc2ccccc2c(=O)n1-c1cccc(Cl)c1. The summed E-state index contributed by atoms with van der Waals surface area (Å²) in [6, 6.07) is 14.2. The second kappa shape index (κ2) is 11.3. The minimum absolute atomic E-state index is 0.107. The predicted molar refractivity (Wildman–Crippen MR) is 132 cm³/mol. The Kier molecular flexibility index (Phi) is 8.46. The summed E-state index contributed by atoms with van der Waals surface area (Å²) in [6.07, 6.45) is 5.37. The van der Waals surface area contributed by atoms with Gasteiger partial charge < -0.3 is 4.90 Å². The summed E-state index contributed by atoms with van der Waals surface area (Å²) in [7, 11) is 0. The van der Waals surface area contributed by atoms with Crippen LogP contribution in [-0.2, 0) is 4.79 Å². The maximum Gasteiger partial charge on any atom is 0.266 e. The van der Waals surface area contributed by atoms with E-state index in [1.165, 1.54) is 0 Å². The van der Waals surface area contributed by atoms with Crippen LogP contribution in [0.1, 0.15) is 71.2 Å². The van der Waals surface area contributed by atoms with E-state index in [1.807, 2.05) is 49.1 Å². The number of carbonyl (C=O) groups is 1. The van der Waals surface area contributed by atoms with Gasteiger partial charge in [-0.3, -0.25) is 14.2 Å². The zero-order chi connectivity index (χ0) is 23.1. The maximum atomic E-state index is 13.6. The van der Waals surface area contributed by atoms with Gasteiger partial charge in [0.1, 0.15) is 5.82 Å². The number of nitrogens with zero attached hydrogens (tertiary/aromatic N) is 3. The summed E-state index contributed by atoms with van der Waals surface area (Å²) < 4.78 is 1.62. The molecule has 1 aromatic heterocycles. The van der Waals surface area contributed by atoms with Crippen LogP contribution in [-0.4, -0.2) is 26.9 Å². The van der Waals surface area contributed by atoms with Crippen LogP contribution in [0, 0.1) is 0 Å². The Labute approximate surface area is 195 Å². The number of halogens is 1. The highest BCUT2D eigenvalue weighted by molar-refractivity contribution is 6.30. The fourth-order valence-electron chi connectivity index (χ4n) is 4.20. The fourth-order valence-corrected chi connectivity index (χ4v) is 4.38. The molecule has 0 aliphatic carbocycles. The number of amides is 1. The quantitative estimate of drug-likeness (QED) is 0.338. The average molecular weight is 454 g/mol. The van der Waals surface area contributed by atoms with E-state index in [-0.39, 0.29) is 17.5 Å².